The molecule has 144 valence electrons. The van der Waals surface area contributed by atoms with Crippen molar-refractivity contribution in [1.82, 2.24) is 10.2 Å². The summed E-state index contributed by atoms with van der Waals surface area (Å²) >= 11 is -1.36. The SMILES string of the molecule is C[S+]([O-])c1ccc(NCCNCC(=O)C2CCN(C(=O)O)CC2)cc1F. The average molecular weight is 385 g/mol. The third-order valence-corrected chi connectivity index (χ3v) is 5.34. The van der Waals surface area contributed by atoms with E-state index in [0.717, 1.165) is 0 Å². The van der Waals surface area contributed by atoms with Gasteiger partial charge in [-0.2, -0.15) is 0 Å². The van der Waals surface area contributed by atoms with E-state index >= 15 is 0 Å². The number of piperidine rings is 1. The van der Waals surface area contributed by atoms with Crippen molar-refractivity contribution >= 4 is 28.7 Å². The molecule has 1 aliphatic rings. The van der Waals surface area contributed by atoms with Crippen LogP contribution in [0, 0.1) is 11.7 Å². The first kappa shape index (κ1) is 20.5. The topological polar surface area (TPSA) is 105 Å². The van der Waals surface area contributed by atoms with Gasteiger partial charge in [-0.1, -0.05) is 0 Å². The number of hydrogen-bond donors (Lipinski definition) is 3. The number of likely N-dealkylation sites (tertiary alicyclic amines) is 1. The van der Waals surface area contributed by atoms with Gasteiger partial charge in [-0.15, -0.1) is 0 Å². The molecule has 1 saturated heterocycles. The van der Waals surface area contributed by atoms with Crippen molar-refractivity contribution in [2.45, 2.75) is 17.7 Å². The summed E-state index contributed by atoms with van der Waals surface area (Å²) in [6.07, 6.45) is 1.62. The van der Waals surface area contributed by atoms with E-state index in [0.29, 0.717) is 44.7 Å². The summed E-state index contributed by atoms with van der Waals surface area (Å²) in [5.74, 6) is -0.509. The lowest BCUT2D eigenvalue weighted by atomic mass is 9.92. The van der Waals surface area contributed by atoms with Crippen LogP contribution in [-0.2, 0) is 16.0 Å². The van der Waals surface area contributed by atoms with Crippen LogP contribution in [0.1, 0.15) is 12.8 Å². The molecule has 0 spiro atoms. The highest BCUT2D eigenvalue weighted by molar-refractivity contribution is 7.90. The second-order valence-electron chi connectivity index (χ2n) is 6.21. The summed E-state index contributed by atoms with van der Waals surface area (Å²) in [4.78, 5) is 24.5. The number of anilines is 1. The van der Waals surface area contributed by atoms with Crippen molar-refractivity contribution in [3.63, 3.8) is 0 Å². The Morgan fingerprint density at radius 3 is 2.62 bits per heavy atom. The minimum absolute atomic E-state index is 0.0934. The Balaban J connectivity index is 1.64. The molecule has 1 aliphatic heterocycles. The Labute approximate surface area is 155 Å². The fourth-order valence-corrected chi connectivity index (χ4v) is 3.48. The molecule has 1 atom stereocenters. The van der Waals surface area contributed by atoms with Crippen LogP contribution in [-0.4, -0.2) is 65.4 Å². The number of ketones is 1. The lowest BCUT2D eigenvalue weighted by molar-refractivity contribution is -0.123. The molecule has 1 unspecified atom stereocenters. The Kier molecular flexibility index (Phi) is 7.67. The van der Waals surface area contributed by atoms with Gasteiger partial charge < -0.3 is 25.2 Å². The van der Waals surface area contributed by atoms with Gasteiger partial charge in [-0.3, -0.25) is 4.79 Å². The number of hydrogen-bond acceptors (Lipinski definition) is 5. The van der Waals surface area contributed by atoms with Crippen molar-refractivity contribution in [3.8, 4) is 0 Å². The maximum atomic E-state index is 13.7. The molecule has 0 saturated carbocycles. The van der Waals surface area contributed by atoms with Crippen LogP contribution in [0.15, 0.2) is 23.1 Å². The number of carboxylic acid groups (broad SMARTS) is 1. The van der Waals surface area contributed by atoms with Gasteiger partial charge in [0, 0.05) is 43.9 Å². The van der Waals surface area contributed by atoms with Crippen LogP contribution in [0.5, 0.6) is 0 Å². The highest BCUT2D eigenvalue weighted by atomic mass is 32.2. The van der Waals surface area contributed by atoms with E-state index in [-0.39, 0.29) is 23.1 Å². The Morgan fingerprint density at radius 2 is 2.04 bits per heavy atom. The van der Waals surface area contributed by atoms with Crippen molar-refractivity contribution in [3.05, 3.63) is 24.0 Å². The minimum Gasteiger partial charge on any atom is -0.612 e. The number of halogens is 1. The second-order valence-corrected chi connectivity index (χ2v) is 7.56. The van der Waals surface area contributed by atoms with Crippen molar-refractivity contribution in [2.24, 2.45) is 5.92 Å². The first-order chi connectivity index (χ1) is 12.4. The number of Topliss-reactive ketones (excluding diaryl/α,β-unsaturated/α-hetero) is 1. The molecule has 26 heavy (non-hydrogen) atoms. The van der Waals surface area contributed by atoms with Gasteiger partial charge in [-0.05, 0) is 36.2 Å². The Hall–Kier alpha value is -1.84. The third-order valence-electron chi connectivity index (χ3n) is 4.39. The van der Waals surface area contributed by atoms with Gasteiger partial charge in [0.15, 0.2) is 10.7 Å². The number of benzene rings is 1. The van der Waals surface area contributed by atoms with E-state index in [4.69, 9.17) is 5.11 Å². The van der Waals surface area contributed by atoms with Crippen molar-refractivity contribution in [1.29, 1.82) is 0 Å². The fourth-order valence-electron chi connectivity index (χ4n) is 2.89. The molecule has 1 aromatic rings. The maximum Gasteiger partial charge on any atom is 0.407 e. The predicted molar refractivity (Wildman–Crippen MR) is 97.4 cm³/mol. The molecule has 3 N–H and O–H groups in total. The Bertz CT molecular complexity index is 636. The molecule has 7 nitrogen and oxygen atoms in total. The smallest absolute Gasteiger partial charge is 0.407 e. The summed E-state index contributed by atoms with van der Waals surface area (Å²) in [6, 6.07) is 4.47. The Morgan fingerprint density at radius 1 is 1.35 bits per heavy atom. The fraction of sp³-hybridized carbons (Fsp3) is 0.529. The molecular formula is C17H24FN3O4S. The number of nitrogens with zero attached hydrogens (tertiary/aromatic N) is 1. The van der Waals surface area contributed by atoms with E-state index in [1.807, 2.05) is 0 Å². The standard InChI is InChI=1S/C17H24FN3O4S/c1-26(25)16-3-2-13(10-14(16)18)20-7-6-19-11-15(22)12-4-8-21(9-5-12)17(23)24/h2-3,10,12,19-20H,4-9,11H2,1H3,(H,23,24). The van der Waals surface area contributed by atoms with Crippen LogP contribution >= 0.6 is 0 Å². The molecule has 2 rings (SSSR count). The van der Waals surface area contributed by atoms with E-state index in [1.165, 1.54) is 23.3 Å². The highest BCUT2D eigenvalue weighted by Gasteiger charge is 2.26. The summed E-state index contributed by atoms with van der Waals surface area (Å²) in [6.45, 7) is 2.08. The lowest BCUT2D eigenvalue weighted by Gasteiger charge is -2.29. The zero-order chi connectivity index (χ0) is 19.1. The summed E-state index contributed by atoms with van der Waals surface area (Å²) in [7, 11) is 0. The lowest BCUT2D eigenvalue weighted by Crippen LogP contribution is -2.41. The van der Waals surface area contributed by atoms with Crippen LogP contribution in [0.3, 0.4) is 0 Å². The molecule has 1 fully saturated rings. The van der Waals surface area contributed by atoms with Gasteiger partial charge in [-0.25, -0.2) is 9.18 Å². The number of nitrogens with one attached hydrogen (secondary N) is 2. The highest BCUT2D eigenvalue weighted by Crippen LogP contribution is 2.19. The molecule has 1 heterocycles. The van der Waals surface area contributed by atoms with Gasteiger partial charge >= 0.3 is 6.09 Å². The van der Waals surface area contributed by atoms with Gasteiger partial charge in [0.25, 0.3) is 0 Å². The first-order valence-corrected chi connectivity index (χ1v) is 10.0. The van der Waals surface area contributed by atoms with Gasteiger partial charge in [0.2, 0.25) is 0 Å². The van der Waals surface area contributed by atoms with Crippen molar-refractivity contribution in [2.75, 3.05) is 44.3 Å². The molecule has 1 amide bonds. The third kappa shape index (κ3) is 5.86. The molecule has 0 radical (unpaired) electrons. The molecule has 9 heteroatoms. The zero-order valence-electron chi connectivity index (χ0n) is 14.7. The van der Waals surface area contributed by atoms with Crippen LogP contribution in [0.2, 0.25) is 0 Å². The summed E-state index contributed by atoms with van der Waals surface area (Å²) in [5, 5.41) is 15.0. The van der Waals surface area contributed by atoms with Crippen LogP contribution < -0.4 is 10.6 Å². The summed E-state index contributed by atoms with van der Waals surface area (Å²) < 4.78 is 25.0. The number of carbonyl (C=O) groups excluding carboxylic acids is 1. The average Bonchev–Trinajstić information content (AvgIpc) is 2.61. The quantitative estimate of drug-likeness (QED) is 0.463. The summed E-state index contributed by atoms with van der Waals surface area (Å²) in [5.41, 5.74) is 0.589. The molecular weight excluding hydrogens is 361 g/mol. The van der Waals surface area contributed by atoms with Crippen molar-refractivity contribution < 1.29 is 23.6 Å². The first-order valence-electron chi connectivity index (χ1n) is 8.46. The number of carbonyl (C=O) groups is 2. The van der Waals surface area contributed by atoms with E-state index < -0.39 is 23.1 Å². The predicted octanol–water partition coefficient (Wildman–Crippen LogP) is 1.52. The maximum absolute atomic E-state index is 13.7. The molecule has 0 bridgehead atoms. The molecule has 0 aromatic heterocycles. The minimum atomic E-state index is -1.36. The number of rotatable bonds is 8. The monoisotopic (exact) mass is 385 g/mol. The van der Waals surface area contributed by atoms with E-state index in [9.17, 15) is 18.5 Å². The zero-order valence-corrected chi connectivity index (χ0v) is 15.5. The normalized spacial score (nSPS) is 16.3. The molecule has 1 aromatic carbocycles. The van der Waals surface area contributed by atoms with Crippen LogP contribution in [0.4, 0.5) is 14.9 Å². The second kappa shape index (κ2) is 9.75. The van der Waals surface area contributed by atoms with Gasteiger partial charge in [0.1, 0.15) is 12.0 Å². The number of amides is 1. The van der Waals surface area contributed by atoms with E-state index in [2.05, 4.69) is 10.6 Å². The van der Waals surface area contributed by atoms with Crippen LogP contribution in [0.25, 0.3) is 0 Å². The molecule has 0 aliphatic carbocycles. The van der Waals surface area contributed by atoms with Gasteiger partial charge in [0.05, 0.1) is 6.54 Å². The largest absolute Gasteiger partial charge is 0.612 e. The van der Waals surface area contributed by atoms with E-state index in [1.54, 1.807) is 6.07 Å².